The Morgan fingerprint density at radius 1 is 1.46 bits per heavy atom. The third kappa shape index (κ3) is 2.82. The summed E-state index contributed by atoms with van der Waals surface area (Å²) in [5, 5.41) is 6.03. The fourth-order valence-electron chi connectivity index (χ4n) is 0.848. The van der Waals surface area contributed by atoms with Crippen molar-refractivity contribution in [3.63, 3.8) is 0 Å². The summed E-state index contributed by atoms with van der Waals surface area (Å²) in [5.41, 5.74) is -0.476. The van der Waals surface area contributed by atoms with E-state index in [4.69, 9.17) is 0 Å². The molecule has 0 fully saturated rings. The monoisotopic (exact) mass is 203 g/mol. The summed E-state index contributed by atoms with van der Waals surface area (Å²) in [6.45, 7) is 5.35. The maximum absolute atomic E-state index is 11.5. The summed E-state index contributed by atoms with van der Waals surface area (Å²) in [6, 6.07) is 0. The van der Waals surface area contributed by atoms with Crippen LogP contribution in [0.25, 0.3) is 0 Å². The molecular weight excluding hydrogens is 190 g/mol. The van der Waals surface area contributed by atoms with E-state index in [1.165, 1.54) is 12.4 Å². The lowest BCUT2D eigenvalue weighted by Crippen LogP contribution is -2.40. The molecule has 0 aromatic carbocycles. The molecule has 0 atom stereocenters. The van der Waals surface area contributed by atoms with Crippen molar-refractivity contribution in [1.82, 2.24) is 14.9 Å². The number of rotatable bonds is 2. The van der Waals surface area contributed by atoms with E-state index in [2.05, 4.69) is 14.9 Å². The number of aromatic amines is 1. The van der Waals surface area contributed by atoms with Crippen LogP contribution in [0.15, 0.2) is 17.3 Å². The number of hydrogen-bond donors (Lipinski definition) is 2. The summed E-state index contributed by atoms with van der Waals surface area (Å²) in [6.07, 6.45) is 2.61. The van der Waals surface area contributed by atoms with Crippen molar-refractivity contribution in [3.8, 4) is 0 Å². The number of aromatic nitrogens is 2. The van der Waals surface area contributed by atoms with Gasteiger partial charge >= 0.3 is 0 Å². The van der Waals surface area contributed by atoms with Crippen molar-refractivity contribution in [1.29, 1.82) is 0 Å². The van der Waals surface area contributed by atoms with Crippen molar-refractivity contribution >= 4 is 10.0 Å². The highest BCUT2D eigenvalue weighted by Crippen LogP contribution is 2.09. The molecule has 0 saturated carbocycles. The molecule has 6 heteroatoms. The molecule has 0 bridgehead atoms. The molecule has 0 aliphatic carbocycles. The average Bonchev–Trinajstić information content (AvgIpc) is 2.29. The van der Waals surface area contributed by atoms with Crippen molar-refractivity contribution in [2.24, 2.45) is 0 Å². The number of hydrogen-bond acceptors (Lipinski definition) is 3. The van der Waals surface area contributed by atoms with E-state index in [-0.39, 0.29) is 4.90 Å². The molecule has 0 spiro atoms. The second-order valence-corrected chi connectivity index (χ2v) is 5.47. The SMILES string of the molecule is CC(C)(C)NS(=O)(=O)c1cn[nH]c1. The first-order chi connectivity index (χ1) is 5.81. The van der Waals surface area contributed by atoms with Gasteiger partial charge in [-0.15, -0.1) is 0 Å². The van der Waals surface area contributed by atoms with Gasteiger partial charge in [0.15, 0.2) is 0 Å². The summed E-state index contributed by atoms with van der Waals surface area (Å²) in [4.78, 5) is 0.155. The van der Waals surface area contributed by atoms with Gasteiger partial charge in [0.1, 0.15) is 4.90 Å². The zero-order valence-electron chi connectivity index (χ0n) is 7.83. The molecule has 0 saturated heterocycles. The highest BCUT2D eigenvalue weighted by atomic mass is 32.2. The van der Waals surface area contributed by atoms with Crippen LogP contribution in [-0.4, -0.2) is 24.2 Å². The van der Waals surface area contributed by atoms with E-state index in [9.17, 15) is 8.42 Å². The maximum atomic E-state index is 11.5. The Labute approximate surface area is 77.6 Å². The predicted molar refractivity (Wildman–Crippen MR) is 48.7 cm³/mol. The van der Waals surface area contributed by atoms with E-state index >= 15 is 0 Å². The zero-order chi connectivity index (χ0) is 10.1. The first-order valence-electron chi connectivity index (χ1n) is 3.84. The van der Waals surface area contributed by atoms with Crippen LogP contribution in [-0.2, 0) is 10.0 Å². The Bertz CT molecular complexity index is 361. The van der Waals surface area contributed by atoms with Crippen LogP contribution < -0.4 is 4.72 Å². The van der Waals surface area contributed by atoms with Crippen LogP contribution in [0.3, 0.4) is 0 Å². The van der Waals surface area contributed by atoms with E-state index in [1.807, 2.05) is 0 Å². The maximum Gasteiger partial charge on any atom is 0.244 e. The normalized spacial score (nSPS) is 13.2. The van der Waals surface area contributed by atoms with Crippen molar-refractivity contribution in [2.75, 3.05) is 0 Å². The van der Waals surface area contributed by atoms with E-state index in [0.29, 0.717) is 0 Å². The van der Waals surface area contributed by atoms with Gasteiger partial charge < -0.3 is 0 Å². The Hall–Kier alpha value is -0.880. The Kier molecular flexibility index (Phi) is 2.44. The third-order valence-electron chi connectivity index (χ3n) is 1.22. The Morgan fingerprint density at radius 3 is 2.46 bits per heavy atom. The molecule has 74 valence electrons. The van der Waals surface area contributed by atoms with Crippen molar-refractivity contribution in [2.45, 2.75) is 31.2 Å². The standard InChI is InChI=1S/C7H13N3O2S/c1-7(2,3)10-13(11,12)6-4-8-9-5-6/h4-5,10H,1-3H3,(H,8,9). The molecule has 1 heterocycles. The first-order valence-corrected chi connectivity index (χ1v) is 5.32. The predicted octanol–water partition coefficient (Wildman–Crippen LogP) is 0.486. The van der Waals surface area contributed by atoms with Gasteiger partial charge in [-0.25, -0.2) is 13.1 Å². The van der Waals surface area contributed by atoms with Gasteiger partial charge in [-0.1, -0.05) is 0 Å². The third-order valence-corrected chi connectivity index (χ3v) is 2.95. The lowest BCUT2D eigenvalue weighted by molar-refractivity contribution is 0.491. The lowest BCUT2D eigenvalue weighted by atomic mass is 10.1. The van der Waals surface area contributed by atoms with Gasteiger partial charge in [0, 0.05) is 11.7 Å². The molecule has 1 rings (SSSR count). The Morgan fingerprint density at radius 2 is 2.08 bits per heavy atom. The summed E-state index contributed by atoms with van der Waals surface area (Å²) < 4.78 is 25.6. The van der Waals surface area contributed by atoms with Crippen molar-refractivity contribution in [3.05, 3.63) is 12.4 Å². The van der Waals surface area contributed by atoms with E-state index < -0.39 is 15.6 Å². The molecule has 13 heavy (non-hydrogen) atoms. The molecule has 2 N–H and O–H groups in total. The molecule has 1 aromatic heterocycles. The first kappa shape index (κ1) is 10.2. The summed E-state index contributed by atoms with van der Waals surface area (Å²) in [5.74, 6) is 0. The molecule has 5 nitrogen and oxygen atoms in total. The van der Waals surface area contributed by atoms with Crippen LogP contribution in [0.1, 0.15) is 20.8 Å². The molecule has 0 unspecified atom stereocenters. The number of H-pyrrole nitrogens is 1. The second kappa shape index (κ2) is 3.12. The van der Waals surface area contributed by atoms with Crippen LogP contribution in [0.2, 0.25) is 0 Å². The number of nitrogens with zero attached hydrogens (tertiary/aromatic N) is 1. The minimum Gasteiger partial charge on any atom is -0.284 e. The summed E-state index contributed by atoms with van der Waals surface area (Å²) >= 11 is 0. The topological polar surface area (TPSA) is 74.8 Å². The summed E-state index contributed by atoms with van der Waals surface area (Å²) in [7, 11) is -3.42. The zero-order valence-corrected chi connectivity index (χ0v) is 8.64. The highest BCUT2D eigenvalue weighted by Gasteiger charge is 2.22. The fourth-order valence-corrected chi connectivity index (χ4v) is 2.17. The van der Waals surface area contributed by atoms with Gasteiger partial charge in [0.05, 0.1) is 6.20 Å². The Balaban J connectivity index is 2.93. The van der Waals surface area contributed by atoms with Gasteiger partial charge in [-0.3, -0.25) is 5.10 Å². The fraction of sp³-hybridized carbons (Fsp3) is 0.571. The van der Waals surface area contributed by atoms with E-state index in [0.717, 1.165) is 0 Å². The molecule has 0 aliphatic rings. The van der Waals surface area contributed by atoms with Gasteiger partial charge in [0.2, 0.25) is 10.0 Å². The molecule has 1 aromatic rings. The minimum absolute atomic E-state index is 0.155. The van der Waals surface area contributed by atoms with E-state index in [1.54, 1.807) is 20.8 Å². The number of nitrogens with one attached hydrogen (secondary N) is 2. The van der Waals surface area contributed by atoms with Crippen molar-refractivity contribution < 1.29 is 8.42 Å². The quantitative estimate of drug-likeness (QED) is 0.734. The van der Waals surface area contributed by atoms with Gasteiger partial charge in [-0.05, 0) is 20.8 Å². The van der Waals surface area contributed by atoms with Crippen LogP contribution in [0.4, 0.5) is 0 Å². The molecule has 0 aliphatic heterocycles. The molecule has 0 radical (unpaired) electrons. The molecular formula is C7H13N3O2S. The van der Waals surface area contributed by atoms with Crippen LogP contribution in [0.5, 0.6) is 0 Å². The largest absolute Gasteiger partial charge is 0.284 e. The van der Waals surface area contributed by atoms with Gasteiger partial charge in [-0.2, -0.15) is 5.10 Å². The highest BCUT2D eigenvalue weighted by molar-refractivity contribution is 7.89. The van der Waals surface area contributed by atoms with Gasteiger partial charge in [0.25, 0.3) is 0 Å². The van der Waals surface area contributed by atoms with Crippen LogP contribution in [0, 0.1) is 0 Å². The molecule has 0 amide bonds. The smallest absolute Gasteiger partial charge is 0.244 e. The lowest BCUT2D eigenvalue weighted by Gasteiger charge is -2.19. The average molecular weight is 203 g/mol. The van der Waals surface area contributed by atoms with Crippen LogP contribution >= 0.6 is 0 Å². The minimum atomic E-state index is -3.42. The number of sulfonamides is 1. The second-order valence-electron chi connectivity index (χ2n) is 3.79.